The van der Waals surface area contributed by atoms with E-state index < -0.39 is 17.9 Å². The lowest BCUT2D eigenvalue weighted by atomic mass is 10.00. The molecule has 27 heavy (non-hydrogen) atoms. The molecule has 0 spiro atoms. The largest absolute Gasteiger partial charge is 0.371 e. The Morgan fingerprint density at radius 1 is 0.815 bits per heavy atom. The summed E-state index contributed by atoms with van der Waals surface area (Å²) in [5.74, 6) is -0.388. The highest BCUT2D eigenvalue weighted by molar-refractivity contribution is 5.79. The zero-order valence-electron chi connectivity index (χ0n) is 18.1. The predicted molar refractivity (Wildman–Crippen MR) is 109 cm³/mol. The Morgan fingerprint density at radius 3 is 1.74 bits per heavy atom. The van der Waals surface area contributed by atoms with Crippen LogP contribution in [0, 0.1) is 17.8 Å². The molecule has 6 heteroatoms. The molecule has 0 aliphatic heterocycles. The molecular weight excluding hydrogens is 344 g/mol. The normalized spacial score (nSPS) is 14.4. The average Bonchev–Trinajstić information content (AvgIpc) is 2.66. The van der Waals surface area contributed by atoms with Crippen LogP contribution in [0.3, 0.4) is 0 Å². The van der Waals surface area contributed by atoms with Crippen LogP contribution in [0.1, 0.15) is 92.4 Å². The van der Waals surface area contributed by atoms with Crippen LogP contribution in [0.2, 0.25) is 0 Å². The summed E-state index contributed by atoms with van der Waals surface area (Å²) in [6.07, 6.45) is 9.06. The topological polar surface area (TPSA) is 76.7 Å². The van der Waals surface area contributed by atoms with Gasteiger partial charge in [-0.1, -0.05) is 73.1 Å². The Bertz CT molecular complexity index is 390. The summed E-state index contributed by atoms with van der Waals surface area (Å²) in [6.45, 7) is 11.6. The SMILES string of the molecule is CCCCC(CC)CNOC(=O)CC(C)C(=O)ONCC(CC)CCCC. The summed E-state index contributed by atoms with van der Waals surface area (Å²) in [4.78, 5) is 34.0. The number of unbranched alkanes of at least 4 members (excludes halogenated alkanes) is 2. The van der Waals surface area contributed by atoms with Crippen molar-refractivity contribution in [2.45, 2.75) is 92.4 Å². The van der Waals surface area contributed by atoms with Crippen LogP contribution in [-0.4, -0.2) is 25.0 Å². The molecule has 0 bridgehead atoms. The van der Waals surface area contributed by atoms with E-state index in [1.54, 1.807) is 6.92 Å². The number of nitrogens with one attached hydrogen (secondary N) is 2. The third-order valence-electron chi connectivity index (χ3n) is 5.06. The second-order valence-corrected chi connectivity index (χ2v) is 7.53. The highest BCUT2D eigenvalue weighted by Crippen LogP contribution is 2.13. The quantitative estimate of drug-likeness (QED) is 0.357. The number of hydrogen-bond donors (Lipinski definition) is 2. The fourth-order valence-corrected chi connectivity index (χ4v) is 2.83. The molecule has 0 aromatic rings. The van der Waals surface area contributed by atoms with Gasteiger partial charge in [-0.3, -0.25) is 9.59 Å². The first kappa shape index (κ1) is 25.9. The van der Waals surface area contributed by atoms with Gasteiger partial charge in [-0.2, -0.15) is 11.0 Å². The summed E-state index contributed by atoms with van der Waals surface area (Å²) >= 11 is 0. The van der Waals surface area contributed by atoms with Crippen LogP contribution in [0.4, 0.5) is 0 Å². The third-order valence-corrected chi connectivity index (χ3v) is 5.06. The molecule has 0 aliphatic carbocycles. The molecular formula is C21H42N2O4. The molecule has 0 rings (SSSR count). The minimum absolute atomic E-state index is 0.00626. The summed E-state index contributed by atoms with van der Waals surface area (Å²) in [5.41, 5.74) is 5.52. The lowest BCUT2D eigenvalue weighted by molar-refractivity contribution is -0.163. The van der Waals surface area contributed by atoms with Crippen LogP contribution in [0.15, 0.2) is 0 Å². The average molecular weight is 387 g/mol. The van der Waals surface area contributed by atoms with Crippen molar-refractivity contribution in [3.8, 4) is 0 Å². The highest BCUT2D eigenvalue weighted by Gasteiger charge is 2.20. The zero-order valence-corrected chi connectivity index (χ0v) is 18.1. The van der Waals surface area contributed by atoms with Gasteiger partial charge in [0.15, 0.2) is 0 Å². The Kier molecular flexibility index (Phi) is 16.3. The van der Waals surface area contributed by atoms with Gasteiger partial charge in [0.2, 0.25) is 0 Å². The Hall–Kier alpha value is -1.14. The summed E-state index contributed by atoms with van der Waals surface area (Å²) < 4.78 is 0. The van der Waals surface area contributed by atoms with E-state index in [1.165, 1.54) is 25.7 Å². The fourth-order valence-electron chi connectivity index (χ4n) is 2.83. The van der Waals surface area contributed by atoms with Gasteiger partial charge in [-0.05, 0) is 24.7 Å². The first-order valence-corrected chi connectivity index (χ1v) is 10.8. The van der Waals surface area contributed by atoms with Gasteiger partial charge >= 0.3 is 11.9 Å². The van der Waals surface area contributed by atoms with E-state index in [0.717, 1.165) is 25.7 Å². The van der Waals surface area contributed by atoms with Crippen molar-refractivity contribution in [3.05, 3.63) is 0 Å². The predicted octanol–water partition coefficient (Wildman–Crippen LogP) is 4.54. The maximum atomic E-state index is 12.0. The van der Waals surface area contributed by atoms with Crippen LogP contribution >= 0.6 is 0 Å². The van der Waals surface area contributed by atoms with Gasteiger partial charge in [0, 0.05) is 13.1 Å². The third kappa shape index (κ3) is 13.6. The van der Waals surface area contributed by atoms with Gasteiger partial charge in [-0.25, -0.2) is 0 Å². The molecule has 0 radical (unpaired) electrons. The van der Waals surface area contributed by atoms with E-state index in [1.807, 2.05) is 0 Å². The van der Waals surface area contributed by atoms with E-state index in [2.05, 4.69) is 38.7 Å². The van der Waals surface area contributed by atoms with E-state index in [9.17, 15) is 9.59 Å². The van der Waals surface area contributed by atoms with Crippen molar-refractivity contribution >= 4 is 11.9 Å². The summed E-state index contributed by atoms with van der Waals surface area (Å²) in [6, 6.07) is 0. The molecule has 0 aliphatic rings. The van der Waals surface area contributed by atoms with Crippen LogP contribution in [0.5, 0.6) is 0 Å². The van der Waals surface area contributed by atoms with Gasteiger partial charge in [0.1, 0.15) is 0 Å². The molecule has 6 nitrogen and oxygen atoms in total. The molecule has 0 saturated carbocycles. The summed E-state index contributed by atoms with van der Waals surface area (Å²) in [5, 5.41) is 0. The Balaban J connectivity index is 3.97. The summed E-state index contributed by atoms with van der Waals surface area (Å²) in [7, 11) is 0. The van der Waals surface area contributed by atoms with Crippen LogP contribution < -0.4 is 11.0 Å². The number of hydrogen-bond acceptors (Lipinski definition) is 6. The number of hydroxylamine groups is 2. The number of carbonyl (C=O) groups excluding carboxylic acids is 2. The highest BCUT2D eigenvalue weighted by atomic mass is 16.7. The lowest BCUT2D eigenvalue weighted by Gasteiger charge is -2.17. The molecule has 3 atom stereocenters. The standard InChI is InChI=1S/C21H42N2O4/c1-6-10-12-18(8-3)15-22-26-20(24)14-17(5)21(25)27-23-16-19(9-4)13-11-7-2/h17-19,22-23H,6-16H2,1-5H3. The van der Waals surface area contributed by atoms with Crippen molar-refractivity contribution in [1.82, 2.24) is 11.0 Å². The second kappa shape index (κ2) is 17.0. The Morgan fingerprint density at radius 2 is 1.30 bits per heavy atom. The van der Waals surface area contributed by atoms with Crippen molar-refractivity contribution in [1.29, 1.82) is 0 Å². The second-order valence-electron chi connectivity index (χ2n) is 7.53. The van der Waals surface area contributed by atoms with Crippen molar-refractivity contribution in [2.24, 2.45) is 17.8 Å². The maximum absolute atomic E-state index is 12.0. The molecule has 0 heterocycles. The number of carbonyl (C=O) groups is 2. The van der Waals surface area contributed by atoms with Gasteiger partial charge in [-0.15, -0.1) is 0 Å². The molecule has 0 saturated heterocycles. The molecule has 0 fully saturated rings. The van der Waals surface area contributed by atoms with Crippen molar-refractivity contribution in [3.63, 3.8) is 0 Å². The van der Waals surface area contributed by atoms with E-state index in [0.29, 0.717) is 24.9 Å². The van der Waals surface area contributed by atoms with Crippen LogP contribution in [-0.2, 0) is 19.3 Å². The minimum Gasteiger partial charge on any atom is -0.371 e. The number of rotatable bonds is 17. The molecule has 0 amide bonds. The fraction of sp³-hybridized carbons (Fsp3) is 0.905. The van der Waals surface area contributed by atoms with E-state index in [-0.39, 0.29) is 6.42 Å². The maximum Gasteiger partial charge on any atom is 0.328 e. The van der Waals surface area contributed by atoms with E-state index in [4.69, 9.17) is 9.68 Å². The smallest absolute Gasteiger partial charge is 0.328 e. The first-order valence-electron chi connectivity index (χ1n) is 10.8. The molecule has 2 N–H and O–H groups in total. The van der Waals surface area contributed by atoms with Gasteiger partial charge in [0.05, 0.1) is 12.3 Å². The van der Waals surface area contributed by atoms with E-state index >= 15 is 0 Å². The molecule has 160 valence electrons. The van der Waals surface area contributed by atoms with Crippen molar-refractivity contribution in [2.75, 3.05) is 13.1 Å². The van der Waals surface area contributed by atoms with Crippen molar-refractivity contribution < 1.29 is 19.3 Å². The van der Waals surface area contributed by atoms with Gasteiger partial charge in [0.25, 0.3) is 0 Å². The lowest BCUT2D eigenvalue weighted by Crippen LogP contribution is -2.31. The first-order chi connectivity index (χ1) is 13.0. The molecule has 0 aromatic heterocycles. The Labute approximate surface area is 166 Å². The molecule has 0 aromatic carbocycles. The van der Waals surface area contributed by atoms with Crippen LogP contribution in [0.25, 0.3) is 0 Å². The monoisotopic (exact) mass is 386 g/mol. The zero-order chi connectivity index (χ0) is 20.5. The minimum atomic E-state index is -0.537. The molecule has 3 unspecified atom stereocenters. The van der Waals surface area contributed by atoms with Gasteiger partial charge < -0.3 is 9.68 Å².